The van der Waals surface area contributed by atoms with E-state index in [1.807, 2.05) is 30.0 Å². The molecular weight excluding hydrogens is 308 g/mol. The molecule has 3 rings (SSSR count). The quantitative estimate of drug-likeness (QED) is 0.864. The number of aromatic nitrogens is 2. The molecule has 2 heterocycles. The molecule has 0 aliphatic carbocycles. The third-order valence-electron chi connectivity index (χ3n) is 3.98. The first kappa shape index (κ1) is 15.8. The van der Waals surface area contributed by atoms with Gasteiger partial charge in [0, 0.05) is 32.7 Å². The normalized spacial score (nSPS) is 16.1. The van der Waals surface area contributed by atoms with E-state index in [2.05, 4.69) is 38.8 Å². The molecule has 1 fully saturated rings. The van der Waals surface area contributed by atoms with Crippen molar-refractivity contribution in [3.05, 3.63) is 52.5 Å². The average molecular weight is 328 g/mol. The number of aryl methyl sites for hydroxylation is 1. The smallest absolute Gasteiger partial charge is 0.267 e. The van der Waals surface area contributed by atoms with Gasteiger partial charge in [0.2, 0.25) is 0 Å². The number of carbonyl (C=O) groups is 1. The molecule has 120 valence electrons. The largest absolute Gasteiger partial charge is 0.335 e. The van der Waals surface area contributed by atoms with E-state index in [0.29, 0.717) is 4.88 Å². The molecule has 1 saturated heterocycles. The maximum absolute atomic E-state index is 12.4. The van der Waals surface area contributed by atoms with Gasteiger partial charge in [0.1, 0.15) is 4.88 Å². The molecule has 0 bridgehead atoms. The zero-order valence-electron chi connectivity index (χ0n) is 13.2. The summed E-state index contributed by atoms with van der Waals surface area (Å²) < 4.78 is 3.85. The van der Waals surface area contributed by atoms with E-state index in [1.165, 1.54) is 17.1 Å². The second-order valence-corrected chi connectivity index (χ2v) is 6.35. The number of benzene rings is 1. The summed E-state index contributed by atoms with van der Waals surface area (Å²) in [5.74, 6) is 0.0666. The highest BCUT2D eigenvalue weighted by Crippen LogP contribution is 2.14. The van der Waals surface area contributed by atoms with Crippen LogP contribution in [0.15, 0.2) is 36.4 Å². The Morgan fingerprint density at radius 1 is 1.22 bits per heavy atom. The lowest BCUT2D eigenvalue weighted by molar-refractivity contribution is 0.0654. The Hall–Kier alpha value is -2.05. The predicted molar refractivity (Wildman–Crippen MR) is 92.5 cm³/mol. The van der Waals surface area contributed by atoms with Crippen LogP contribution in [0.2, 0.25) is 0 Å². The summed E-state index contributed by atoms with van der Waals surface area (Å²) >= 11 is 1.19. The van der Waals surface area contributed by atoms with E-state index < -0.39 is 0 Å². The lowest BCUT2D eigenvalue weighted by atomic mass is 10.2. The third-order valence-corrected chi connectivity index (χ3v) is 4.79. The number of amides is 1. The maximum Gasteiger partial charge on any atom is 0.267 e. The molecule has 1 aromatic heterocycles. The van der Waals surface area contributed by atoms with Crippen LogP contribution in [0.1, 0.15) is 20.9 Å². The van der Waals surface area contributed by atoms with E-state index >= 15 is 0 Å². The van der Waals surface area contributed by atoms with Crippen LogP contribution in [0.5, 0.6) is 0 Å². The molecule has 0 N–H and O–H groups in total. The number of hydrogen-bond acceptors (Lipinski definition) is 5. The highest BCUT2D eigenvalue weighted by Gasteiger charge is 2.24. The highest BCUT2D eigenvalue weighted by atomic mass is 32.1. The Morgan fingerprint density at radius 3 is 2.61 bits per heavy atom. The fourth-order valence-electron chi connectivity index (χ4n) is 2.61. The molecular formula is C17H20N4OS. The molecule has 2 aromatic rings. The molecule has 1 amide bonds. The number of nitrogens with zero attached hydrogens (tertiary/aromatic N) is 4. The minimum absolute atomic E-state index is 0.0666. The highest BCUT2D eigenvalue weighted by molar-refractivity contribution is 7.07. The van der Waals surface area contributed by atoms with Crippen LogP contribution >= 0.6 is 11.5 Å². The minimum atomic E-state index is 0.0666. The third kappa shape index (κ3) is 4.03. The summed E-state index contributed by atoms with van der Waals surface area (Å²) in [6.45, 7) is 6.07. The molecule has 0 unspecified atom stereocenters. The monoisotopic (exact) mass is 328 g/mol. The van der Waals surface area contributed by atoms with Crippen molar-refractivity contribution in [1.29, 1.82) is 0 Å². The van der Waals surface area contributed by atoms with Gasteiger partial charge in [0.25, 0.3) is 5.91 Å². The first-order valence-electron chi connectivity index (χ1n) is 7.76. The van der Waals surface area contributed by atoms with E-state index in [1.54, 1.807) is 0 Å². The van der Waals surface area contributed by atoms with Crippen LogP contribution in [-0.4, -0.2) is 58.0 Å². The number of piperazine rings is 1. The van der Waals surface area contributed by atoms with E-state index in [4.69, 9.17) is 0 Å². The lowest BCUT2D eigenvalue weighted by Crippen LogP contribution is -2.48. The summed E-state index contributed by atoms with van der Waals surface area (Å²) in [6.07, 6.45) is 4.33. The Balaban J connectivity index is 1.48. The van der Waals surface area contributed by atoms with Gasteiger partial charge in [0.15, 0.2) is 0 Å². The fourth-order valence-corrected chi connectivity index (χ4v) is 3.23. The van der Waals surface area contributed by atoms with Crippen LogP contribution < -0.4 is 0 Å². The molecule has 0 atom stereocenters. The van der Waals surface area contributed by atoms with Gasteiger partial charge in [-0.2, -0.15) is 0 Å². The Bertz CT molecular complexity index is 675. The molecule has 1 aromatic carbocycles. The SMILES string of the molecule is Cc1nnsc1C(=O)N1CCN(C/C=C/c2ccccc2)CC1. The molecule has 0 spiro atoms. The van der Waals surface area contributed by atoms with Gasteiger partial charge in [-0.1, -0.05) is 47.0 Å². The van der Waals surface area contributed by atoms with E-state index in [9.17, 15) is 4.79 Å². The first-order valence-corrected chi connectivity index (χ1v) is 8.53. The first-order chi connectivity index (χ1) is 11.2. The van der Waals surface area contributed by atoms with Crippen LogP contribution in [0.25, 0.3) is 6.08 Å². The van der Waals surface area contributed by atoms with Gasteiger partial charge in [-0.25, -0.2) is 0 Å². The summed E-state index contributed by atoms with van der Waals surface area (Å²) in [4.78, 5) is 17.3. The van der Waals surface area contributed by atoms with Crippen LogP contribution in [-0.2, 0) is 0 Å². The second-order valence-electron chi connectivity index (χ2n) is 5.59. The van der Waals surface area contributed by atoms with Gasteiger partial charge < -0.3 is 4.90 Å². The van der Waals surface area contributed by atoms with Crippen molar-refractivity contribution in [2.45, 2.75) is 6.92 Å². The Kier molecular flexibility index (Phi) is 5.15. The molecule has 1 aliphatic rings. The van der Waals surface area contributed by atoms with Gasteiger partial charge >= 0.3 is 0 Å². The Morgan fingerprint density at radius 2 is 1.96 bits per heavy atom. The minimum Gasteiger partial charge on any atom is -0.335 e. The second kappa shape index (κ2) is 7.48. The van der Waals surface area contributed by atoms with Crippen LogP contribution in [0.3, 0.4) is 0 Å². The summed E-state index contributed by atoms with van der Waals surface area (Å²) in [6, 6.07) is 10.3. The number of rotatable bonds is 4. The molecule has 23 heavy (non-hydrogen) atoms. The molecule has 0 saturated carbocycles. The van der Waals surface area contributed by atoms with Gasteiger partial charge in [-0.15, -0.1) is 5.10 Å². The van der Waals surface area contributed by atoms with E-state index in [0.717, 1.165) is 38.4 Å². The summed E-state index contributed by atoms with van der Waals surface area (Å²) in [7, 11) is 0. The number of carbonyl (C=O) groups excluding carboxylic acids is 1. The molecule has 0 radical (unpaired) electrons. The van der Waals surface area contributed by atoms with Crippen molar-refractivity contribution in [2.75, 3.05) is 32.7 Å². The zero-order chi connectivity index (χ0) is 16.1. The maximum atomic E-state index is 12.4. The van der Waals surface area contributed by atoms with Crippen molar-refractivity contribution < 1.29 is 4.79 Å². The molecule has 6 heteroatoms. The van der Waals surface area contributed by atoms with Crippen LogP contribution in [0, 0.1) is 6.92 Å². The van der Waals surface area contributed by atoms with E-state index in [-0.39, 0.29) is 5.91 Å². The average Bonchev–Trinajstić information content (AvgIpc) is 3.02. The van der Waals surface area contributed by atoms with Gasteiger partial charge in [-0.05, 0) is 24.0 Å². The Labute approximate surface area is 140 Å². The van der Waals surface area contributed by atoms with Crippen molar-refractivity contribution in [3.63, 3.8) is 0 Å². The molecule has 1 aliphatic heterocycles. The van der Waals surface area contributed by atoms with Crippen molar-refractivity contribution in [3.8, 4) is 0 Å². The van der Waals surface area contributed by atoms with Gasteiger partial charge in [-0.3, -0.25) is 9.69 Å². The zero-order valence-corrected chi connectivity index (χ0v) is 14.0. The fraction of sp³-hybridized carbons (Fsp3) is 0.353. The van der Waals surface area contributed by atoms with Crippen molar-refractivity contribution in [1.82, 2.24) is 19.4 Å². The van der Waals surface area contributed by atoms with Gasteiger partial charge in [0.05, 0.1) is 5.69 Å². The number of hydrogen-bond donors (Lipinski definition) is 0. The molecule has 5 nitrogen and oxygen atoms in total. The topological polar surface area (TPSA) is 49.3 Å². The van der Waals surface area contributed by atoms with Crippen LogP contribution in [0.4, 0.5) is 0 Å². The lowest BCUT2D eigenvalue weighted by Gasteiger charge is -2.33. The predicted octanol–water partition coefficient (Wildman–Crippen LogP) is 2.32. The van der Waals surface area contributed by atoms with Crippen molar-refractivity contribution >= 4 is 23.5 Å². The summed E-state index contributed by atoms with van der Waals surface area (Å²) in [5, 5.41) is 3.92. The standard InChI is InChI=1S/C17H20N4OS/c1-14-16(23-19-18-14)17(22)21-12-10-20(11-13-21)9-5-8-15-6-3-2-4-7-15/h2-8H,9-13H2,1H3/b8-5+. The van der Waals surface area contributed by atoms with Crippen molar-refractivity contribution in [2.24, 2.45) is 0 Å². The summed E-state index contributed by atoms with van der Waals surface area (Å²) in [5.41, 5.74) is 1.95.